The largest absolute Gasteiger partial charge is 0.372 e. The van der Waals surface area contributed by atoms with E-state index in [1.807, 2.05) is 37.0 Å². The lowest BCUT2D eigenvalue weighted by molar-refractivity contribution is 0.107. The van der Waals surface area contributed by atoms with Crippen LogP contribution in [0.5, 0.6) is 0 Å². The molecule has 0 radical (unpaired) electrons. The number of hydrogen-bond acceptors (Lipinski definition) is 3. The summed E-state index contributed by atoms with van der Waals surface area (Å²) in [5, 5.41) is 6.75. The highest BCUT2D eigenvalue weighted by molar-refractivity contribution is 14.0. The molecule has 0 bridgehead atoms. The third kappa shape index (κ3) is 10.3. The number of ether oxygens (including phenoxy) is 1. The van der Waals surface area contributed by atoms with Crippen molar-refractivity contribution in [3.05, 3.63) is 71.3 Å². The Morgan fingerprint density at radius 3 is 2.39 bits per heavy atom. The molecule has 0 aliphatic heterocycles. The minimum Gasteiger partial charge on any atom is -0.372 e. The van der Waals surface area contributed by atoms with Crippen molar-refractivity contribution in [1.82, 2.24) is 10.6 Å². The lowest BCUT2D eigenvalue weighted by Gasteiger charge is -2.12. The number of halogens is 1. The van der Waals surface area contributed by atoms with Gasteiger partial charge in [0, 0.05) is 20.1 Å². The molecule has 0 spiro atoms. The summed E-state index contributed by atoms with van der Waals surface area (Å²) in [7, 11) is 1.81. The quantitative estimate of drug-likeness (QED) is 0.196. The molecule has 0 aliphatic rings. The van der Waals surface area contributed by atoms with Gasteiger partial charge in [-0.1, -0.05) is 54.6 Å². The number of nitrogens with zero attached hydrogens (tertiary/aromatic N) is 1. The van der Waals surface area contributed by atoms with E-state index in [1.54, 1.807) is 0 Å². The molecule has 2 aromatic carbocycles. The van der Waals surface area contributed by atoms with Crippen molar-refractivity contribution in [3.8, 4) is 0 Å². The Morgan fingerprint density at radius 1 is 0.929 bits per heavy atom. The van der Waals surface area contributed by atoms with Crippen molar-refractivity contribution < 1.29 is 4.74 Å². The number of benzene rings is 2. The number of aliphatic imine (C=N–C) groups is 1. The van der Waals surface area contributed by atoms with Crippen molar-refractivity contribution in [3.63, 3.8) is 0 Å². The molecule has 28 heavy (non-hydrogen) atoms. The van der Waals surface area contributed by atoms with Gasteiger partial charge < -0.3 is 15.4 Å². The Labute approximate surface area is 191 Å². The molecule has 0 unspecified atom stereocenters. The van der Waals surface area contributed by atoms with Gasteiger partial charge in [0.05, 0.1) is 13.2 Å². The van der Waals surface area contributed by atoms with Crippen LogP contribution in [0.15, 0.2) is 59.6 Å². The van der Waals surface area contributed by atoms with E-state index < -0.39 is 0 Å². The average molecular weight is 513 g/mol. The van der Waals surface area contributed by atoms with Crippen molar-refractivity contribution in [2.75, 3.05) is 25.6 Å². The summed E-state index contributed by atoms with van der Waals surface area (Å²) in [6, 6.07) is 18.8. The van der Waals surface area contributed by atoms with E-state index >= 15 is 0 Å². The maximum atomic E-state index is 5.83. The van der Waals surface area contributed by atoms with Crippen LogP contribution in [0.25, 0.3) is 0 Å². The Bertz CT molecular complexity index is 682. The highest BCUT2D eigenvalue weighted by atomic mass is 127. The number of unbranched alkanes of at least 4 members (excludes halogenated alkanes) is 1. The molecule has 0 fully saturated rings. The van der Waals surface area contributed by atoms with Gasteiger partial charge in [-0.15, -0.1) is 24.0 Å². The molecule has 0 atom stereocenters. The van der Waals surface area contributed by atoms with Gasteiger partial charge in [-0.25, -0.2) is 0 Å². The molecular weight excluding hydrogens is 481 g/mol. The van der Waals surface area contributed by atoms with Crippen LogP contribution in [-0.2, 0) is 24.5 Å². The predicted molar refractivity (Wildman–Crippen MR) is 133 cm³/mol. The first kappa shape index (κ1) is 24.8. The first-order chi connectivity index (χ1) is 13.3. The molecule has 0 aromatic heterocycles. The summed E-state index contributed by atoms with van der Waals surface area (Å²) in [4.78, 5) is 4.29. The summed E-state index contributed by atoms with van der Waals surface area (Å²) in [6.07, 6.45) is 4.54. The lowest BCUT2D eigenvalue weighted by Crippen LogP contribution is -2.37. The van der Waals surface area contributed by atoms with E-state index in [0.717, 1.165) is 25.5 Å². The van der Waals surface area contributed by atoms with Crippen LogP contribution in [0.4, 0.5) is 0 Å². The molecule has 0 saturated heterocycles. The van der Waals surface area contributed by atoms with Crippen molar-refractivity contribution >= 4 is 41.7 Å². The van der Waals surface area contributed by atoms with Crippen LogP contribution in [0.3, 0.4) is 0 Å². The van der Waals surface area contributed by atoms with Crippen LogP contribution in [0, 0.1) is 0 Å². The van der Waals surface area contributed by atoms with Gasteiger partial charge in [0.25, 0.3) is 0 Å². The van der Waals surface area contributed by atoms with Crippen molar-refractivity contribution in [2.45, 2.75) is 32.6 Å². The van der Waals surface area contributed by atoms with E-state index in [-0.39, 0.29) is 24.0 Å². The first-order valence-electron chi connectivity index (χ1n) is 9.44. The number of rotatable bonds is 11. The molecule has 0 saturated carbocycles. The summed E-state index contributed by atoms with van der Waals surface area (Å²) in [6.45, 7) is 2.95. The number of guanidine groups is 1. The predicted octanol–water partition coefficient (Wildman–Crippen LogP) is 4.83. The minimum atomic E-state index is 0. The molecule has 154 valence electrons. The van der Waals surface area contributed by atoms with Crippen LogP contribution in [0.1, 0.15) is 29.5 Å². The highest BCUT2D eigenvalue weighted by Crippen LogP contribution is 2.09. The van der Waals surface area contributed by atoms with Gasteiger partial charge >= 0.3 is 0 Å². The zero-order valence-electron chi connectivity index (χ0n) is 16.8. The Kier molecular flexibility index (Phi) is 13.9. The molecule has 2 N–H and O–H groups in total. The van der Waals surface area contributed by atoms with E-state index in [2.05, 4.69) is 58.3 Å². The summed E-state index contributed by atoms with van der Waals surface area (Å²) in [5.74, 6) is 2.07. The fourth-order valence-electron chi connectivity index (χ4n) is 2.67. The van der Waals surface area contributed by atoms with Gasteiger partial charge in [0.2, 0.25) is 0 Å². The maximum Gasteiger partial charge on any atom is 0.191 e. The van der Waals surface area contributed by atoms with Crippen LogP contribution < -0.4 is 10.6 Å². The molecule has 2 rings (SSSR count). The molecule has 2 aromatic rings. The van der Waals surface area contributed by atoms with Crippen LogP contribution >= 0.6 is 35.7 Å². The second kappa shape index (κ2) is 15.6. The van der Waals surface area contributed by atoms with E-state index in [1.165, 1.54) is 28.9 Å². The molecule has 0 heterocycles. The second-order valence-electron chi connectivity index (χ2n) is 6.35. The maximum absolute atomic E-state index is 5.83. The fourth-order valence-corrected chi connectivity index (χ4v) is 3.17. The summed E-state index contributed by atoms with van der Waals surface area (Å²) < 4.78 is 5.83. The van der Waals surface area contributed by atoms with E-state index in [4.69, 9.17) is 4.74 Å². The molecule has 4 nitrogen and oxygen atoms in total. The summed E-state index contributed by atoms with van der Waals surface area (Å²) >= 11 is 1.90. The smallest absolute Gasteiger partial charge is 0.191 e. The van der Waals surface area contributed by atoms with Crippen molar-refractivity contribution in [2.24, 2.45) is 4.99 Å². The van der Waals surface area contributed by atoms with Gasteiger partial charge in [0.15, 0.2) is 5.96 Å². The normalized spacial score (nSPS) is 11.0. The molecular formula is C22H32IN3OS. The third-order valence-electron chi connectivity index (χ3n) is 4.12. The molecule has 0 aliphatic carbocycles. The number of thioether (sulfide) groups is 1. The van der Waals surface area contributed by atoms with Gasteiger partial charge in [-0.3, -0.25) is 4.99 Å². The highest BCUT2D eigenvalue weighted by Gasteiger charge is 2.01. The Hall–Kier alpha value is -1.25. The Balaban J connectivity index is 0.00000392. The van der Waals surface area contributed by atoms with Gasteiger partial charge in [-0.05, 0) is 41.5 Å². The molecule has 0 amide bonds. The lowest BCUT2D eigenvalue weighted by atomic mass is 10.1. The number of hydrogen-bond donors (Lipinski definition) is 2. The number of nitrogens with one attached hydrogen (secondary N) is 2. The third-order valence-corrected chi connectivity index (χ3v) is 4.82. The minimum absolute atomic E-state index is 0. The van der Waals surface area contributed by atoms with Crippen molar-refractivity contribution in [1.29, 1.82) is 0 Å². The van der Waals surface area contributed by atoms with Crippen LogP contribution in [-0.4, -0.2) is 31.6 Å². The zero-order chi connectivity index (χ0) is 19.2. The summed E-state index contributed by atoms with van der Waals surface area (Å²) in [5.41, 5.74) is 3.61. The van der Waals surface area contributed by atoms with Gasteiger partial charge in [0.1, 0.15) is 0 Å². The first-order valence-corrected chi connectivity index (χ1v) is 10.8. The SMILES string of the molecule is CN=C(NCCCCSC)NCc1cccc(COCc2ccccc2)c1.I. The molecule has 6 heteroatoms. The van der Waals surface area contributed by atoms with E-state index in [9.17, 15) is 0 Å². The topological polar surface area (TPSA) is 45.7 Å². The average Bonchev–Trinajstić information content (AvgIpc) is 2.71. The zero-order valence-corrected chi connectivity index (χ0v) is 20.0. The monoisotopic (exact) mass is 513 g/mol. The fraction of sp³-hybridized carbons (Fsp3) is 0.409. The second-order valence-corrected chi connectivity index (χ2v) is 7.34. The van der Waals surface area contributed by atoms with E-state index in [0.29, 0.717) is 13.2 Å². The van der Waals surface area contributed by atoms with Crippen LogP contribution in [0.2, 0.25) is 0 Å². The standard InChI is InChI=1S/C22H31N3OS.HI/c1-23-22(24-13-6-7-14-27-2)25-16-20-11-8-12-21(15-20)18-26-17-19-9-4-3-5-10-19;/h3-5,8-12,15H,6-7,13-14,16-18H2,1-2H3,(H2,23,24,25);1H. The Morgan fingerprint density at radius 2 is 1.64 bits per heavy atom. The van der Waals surface area contributed by atoms with Gasteiger partial charge in [-0.2, -0.15) is 11.8 Å².